The van der Waals surface area contributed by atoms with Crippen LogP contribution in [0.3, 0.4) is 0 Å². The van der Waals surface area contributed by atoms with Gasteiger partial charge in [-0.1, -0.05) is 133 Å². The van der Waals surface area contributed by atoms with Gasteiger partial charge in [-0.25, -0.2) is 4.98 Å². The van der Waals surface area contributed by atoms with Crippen LogP contribution in [0.1, 0.15) is 0 Å². The van der Waals surface area contributed by atoms with E-state index in [0.717, 1.165) is 61.4 Å². The van der Waals surface area contributed by atoms with Gasteiger partial charge >= 0.3 is 0 Å². The molecule has 0 radical (unpaired) electrons. The normalized spacial score (nSPS) is 11.6. The highest BCUT2D eigenvalue weighted by Crippen LogP contribution is 2.37. The minimum absolute atomic E-state index is 0.628. The van der Waals surface area contributed by atoms with Crippen LogP contribution in [-0.4, -0.2) is 19.1 Å². The van der Waals surface area contributed by atoms with E-state index < -0.39 is 0 Å². The van der Waals surface area contributed by atoms with Crippen LogP contribution in [0.2, 0.25) is 0 Å². The summed E-state index contributed by atoms with van der Waals surface area (Å²) in [6.07, 6.45) is 0. The molecule has 3 heterocycles. The molecule has 234 valence electrons. The van der Waals surface area contributed by atoms with Gasteiger partial charge in [-0.15, -0.1) is 0 Å². The average molecular weight is 639 g/mol. The van der Waals surface area contributed by atoms with Crippen molar-refractivity contribution in [2.45, 2.75) is 0 Å². The Hall–Kier alpha value is -6.78. The van der Waals surface area contributed by atoms with E-state index in [1.807, 2.05) is 0 Å². The Morgan fingerprint density at radius 1 is 0.300 bits per heavy atom. The highest BCUT2D eigenvalue weighted by Gasteiger charge is 2.20. The van der Waals surface area contributed by atoms with E-state index in [1.54, 1.807) is 0 Å². The van der Waals surface area contributed by atoms with Crippen LogP contribution in [0.15, 0.2) is 182 Å². The molecular weight excluding hydrogens is 609 g/mol. The predicted octanol–water partition coefficient (Wildman–Crippen LogP) is 11.7. The highest BCUT2D eigenvalue weighted by atomic mass is 15.2. The van der Waals surface area contributed by atoms with Crippen LogP contribution < -0.4 is 0 Å². The summed E-state index contributed by atoms with van der Waals surface area (Å²) in [7, 11) is 0. The molecule has 0 aliphatic carbocycles. The topological polar surface area (TPSA) is 35.6 Å². The van der Waals surface area contributed by atoms with Gasteiger partial charge in [-0.05, 0) is 64.7 Å². The second-order valence-corrected chi connectivity index (χ2v) is 12.7. The Morgan fingerprint density at radius 2 is 0.680 bits per heavy atom. The lowest BCUT2D eigenvalue weighted by atomic mass is 9.95. The number of rotatable bonds is 5. The molecule has 4 nitrogen and oxygen atoms in total. The fraction of sp³-hybridized carbons (Fsp3) is 0. The zero-order valence-electron chi connectivity index (χ0n) is 27.1. The number of fused-ring (bicyclic) bond motifs is 6. The van der Waals surface area contributed by atoms with Crippen molar-refractivity contribution in [3.8, 4) is 45.3 Å². The quantitative estimate of drug-likeness (QED) is 0.188. The Labute approximate surface area is 289 Å². The zero-order valence-corrected chi connectivity index (χ0v) is 27.1. The molecule has 0 N–H and O–H groups in total. The molecular formula is C46H30N4. The maximum absolute atomic E-state index is 5.42. The van der Waals surface area contributed by atoms with Crippen LogP contribution in [0.25, 0.3) is 88.9 Å². The van der Waals surface area contributed by atoms with Gasteiger partial charge in [0.25, 0.3) is 0 Å². The third-order valence-electron chi connectivity index (χ3n) is 9.73. The van der Waals surface area contributed by atoms with Gasteiger partial charge < -0.3 is 0 Å². The number of hydrogen-bond donors (Lipinski definition) is 0. The number of hydrogen-bond acceptors (Lipinski definition) is 2. The van der Waals surface area contributed by atoms with Crippen molar-refractivity contribution in [2.75, 3.05) is 0 Å². The maximum atomic E-state index is 5.42. The first-order chi connectivity index (χ1) is 24.8. The molecule has 0 aliphatic rings. The first-order valence-electron chi connectivity index (χ1n) is 16.9. The van der Waals surface area contributed by atoms with Crippen molar-refractivity contribution in [3.05, 3.63) is 182 Å². The molecule has 3 aromatic heterocycles. The average Bonchev–Trinajstić information content (AvgIpc) is 3.71. The zero-order chi connectivity index (χ0) is 33.0. The molecule has 0 fully saturated rings. The van der Waals surface area contributed by atoms with Gasteiger partial charge in [-0.2, -0.15) is 4.98 Å². The molecule has 0 saturated carbocycles. The van der Waals surface area contributed by atoms with Gasteiger partial charge in [-0.3, -0.25) is 9.13 Å². The molecule has 0 aliphatic heterocycles. The predicted molar refractivity (Wildman–Crippen MR) is 207 cm³/mol. The van der Waals surface area contributed by atoms with Crippen molar-refractivity contribution in [1.29, 1.82) is 0 Å². The second-order valence-electron chi connectivity index (χ2n) is 12.7. The summed E-state index contributed by atoms with van der Waals surface area (Å²) in [5, 5.41) is 4.74. The lowest BCUT2D eigenvalue weighted by Crippen LogP contribution is -2.07. The summed E-state index contributed by atoms with van der Waals surface area (Å²) in [6, 6.07) is 64.3. The van der Waals surface area contributed by atoms with Crippen LogP contribution in [0.5, 0.6) is 0 Å². The minimum atomic E-state index is 0.628. The van der Waals surface area contributed by atoms with Crippen LogP contribution in [0, 0.1) is 0 Å². The van der Waals surface area contributed by atoms with Crippen molar-refractivity contribution < 1.29 is 0 Å². The summed E-state index contributed by atoms with van der Waals surface area (Å²) in [6.45, 7) is 0. The van der Waals surface area contributed by atoms with Crippen LogP contribution in [-0.2, 0) is 0 Å². The van der Waals surface area contributed by atoms with E-state index in [4.69, 9.17) is 9.97 Å². The van der Waals surface area contributed by atoms with Gasteiger partial charge in [0.1, 0.15) is 5.82 Å². The molecule has 0 unspecified atom stereocenters. The van der Waals surface area contributed by atoms with E-state index in [2.05, 4.69) is 191 Å². The van der Waals surface area contributed by atoms with Crippen molar-refractivity contribution >= 4 is 43.6 Å². The van der Waals surface area contributed by atoms with Gasteiger partial charge in [0.15, 0.2) is 0 Å². The molecule has 10 rings (SSSR count). The molecule has 50 heavy (non-hydrogen) atoms. The summed E-state index contributed by atoms with van der Waals surface area (Å²) >= 11 is 0. The van der Waals surface area contributed by atoms with E-state index in [0.29, 0.717) is 5.95 Å². The smallest absolute Gasteiger partial charge is 0.237 e. The molecule has 0 amide bonds. The van der Waals surface area contributed by atoms with Crippen molar-refractivity contribution in [1.82, 2.24) is 19.1 Å². The number of nitrogens with zero attached hydrogens (tertiary/aromatic N) is 4. The molecule has 10 aromatic rings. The van der Waals surface area contributed by atoms with E-state index in [9.17, 15) is 0 Å². The number of benzene rings is 7. The monoisotopic (exact) mass is 638 g/mol. The summed E-state index contributed by atoms with van der Waals surface area (Å²) < 4.78 is 4.50. The standard InChI is InChI=1S/C46H30N4/c1-3-15-31(16-4-1)33-27-34(32-17-5-2-6-18-32)29-35(28-33)40-30-45(49-41-23-11-7-19-36(41)37-20-8-12-24-42(37)49)48-46(47-40)50-43-25-13-9-21-38(43)39-22-10-14-26-44(39)50/h1-30H. The second kappa shape index (κ2) is 11.4. The Balaban J connectivity index is 1.31. The van der Waals surface area contributed by atoms with Gasteiger partial charge in [0.05, 0.1) is 27.8 Å². The SMILES string of the molecule is c1ccc(-c2cc(-c3ccccc3)cc(-c3cc(-n4c5ccccc5c5ccccc54)nc(-n4c5ccccc5c5ccccc54)n3)c2)cc1. The fourth-order valence-corrected chi connectivity index (χ4v) is 7.46. The maximum Gasteiger partial charge on any atom is 0.237 e. The van der Waals surface area contributed by atoms with Gasteiger partial charge in [0, 0.05) is 33.2 Å². The van der Waals surface area contributed by atoms with Crippen LogP contribution >= 0.6 is 0 Å². The first kappa shape index (κ1) is 28.3. The summed E-state index contributed by atoms with van der Waals surface area (Å²) in [5.74, 6) is 1.44. The molecule has 4 heteroatoms. The first-order valence-corrected chi connectivity index (χ1v) is 16.9. The summed E-state index contributed by atoms with van der Waals surface area (Å²) in [5.41, 5.74) is 10.8. The molecule has 0 atom stereocenters. The largest absolute Gasteiger partial charge is 0.294 e. The third kappa shape index (κ3) is 4.54. The number of para-hydroxylation sites is 4. The lowest BCUT2D eigenvalue weighted by molar-refractivity contribution is 0.952. The fourth-order valence-electron chi connectivity index (χ4n) is 7.46. The van der Waals surface area contributed by atoms with Gasteiger partial charge in [0.2, 0.25) is 5.95 Å². The van der Waals surface area contributed by atoms with Crippen molar-refractivity contribution in [3.63, 3.8) is 0 Å². The van der Waals surface area contributed by atoms with E-state index in [1.165, 1.54) is 21.5 Å². The Kier molecular flexibility index (Phi) is 6.46. The molecule has 7 aromatic carbocycles. The van der Waals surface area contributed by atoms with Crippen molar-refractivity contribution in [2.24, 2.45) is 0 Å². The van der Waals surface area contributed by atoms with Crippen LogP contribution in [0.4, 0.5) is 0 Å². The minimum Gasteiger partial charge on any atom is -0.294 e. The van der Waals surface area contributed by atoms with E-state index in [-0.39, 0.29) is 0 Å². The number of aromatic nitrogens is 4. The third-order valence-corrected chi connectivity index (χ3v) is 9.73. The molecule has 0 spiro atoms. The molecule has 0 saturated heterocycles. The Morgan fingerprint density at radius 3 is 1.14 bits per heavy atom. The van der Waals surface area contributed by atoms with E-state index >= 15 is 0 Å². The Bertz CT molecular complexity index is 2570. The summed E-state index contributed by atoms with van der Waals surface area (Å²) in [4.78, 5) is 10.8. The lowest BCUT2D eigenvalue weighted by Gasteiger charge is -2.15. The highest BCUT2D eigenvalue weighted by molar-refractivity contribution is 6.10. The molecule has 0 bridgehead atoms.